The summed E-state index contributed by atoms with van der Waals surface area (Å²) < 4.78 is 19.3. The summed E-state index contributed by atoms with van der Waals surface area (Å²) in [5, 5.41) is 9.31. The molecular weight excluding hydrogens is 510 g/mol. The maximum atomic E-state index is 13.7. The number of carbonyl (C=O) groups is 1. The minimum absolute atomic E-state index is 0. The molecule has 0 atom stereocenters. The predicted octanol–water partition coefficient (Wildman–Crippen LogP) is 3.66. The third kappa shape index (κ3) is 8.72. The normalized spacial score (nSPS) is 13.2. The minimum atomic E-state index is -0.209. The fourth-order valence-corrected chi connectivity index (χ4v) is 2.82. The summed E-state index contributed by atoms with van der Waals surface area (Å²) in [5.41, 5.74) is 2.45. The van der Waals surface area contributed by atoms with Gasteiger partial charge in [-0.3, -0.25) is 4.79 Å². The topological polar surface area (TPSA) is 74.8 Å². The summed E-state index contributed by atoms with van der Waals surface area (Å²) in [5.74, 6) is 0.987. The molecule has 0 bridgehead atoms. The molecule has 31 heavy (non-hydrogen) atoms. The van der Waals surface area contributed by atoms with Gasteiger partial charge in [0.2, 0.25) is 0 Å². The highest BCUT2D eigenvalue weighted by Gasteiger charge is 2.23. The molecule has 8 heteroatoms. The molecule has 1 saturated carbocycles. The van der Waals surface area contributed by atoms with Crippen molar-refractivity contribution >= 4 is 35.8 Å². The molecular formula is C23H30FIN4O2. The molecule has 0 saturated heterocycles. The van der Waals surface area contributed by atoms with Gasteiger partial charge in [-0.05, 0) is 61.6 Å². The third-order valence-corrected chi connectivity index (χ3v) is 4.67. The zero-order valence-electron chi connectivity index (χ0n) is 17.9. The van der Waals surface area contributed by atoms with E-state index in [1.807, 2.05) is 37.3 Å². The number of nitrogens with zero attached hydrogens (tertiary/aromatic N) is 1. The first-order valence-corrected chi connectivity index (χ1v) is 10.3. The highest BCUT2D eigenvalue weighted by Crippen LogP contribution is 2.18. The average Bonchev–Trinajstić information content (AvgIpc) is 3.55. The summed E-state index contributed by atoms with van der Waals surface area (Å²) in [7, 11) is 0. The van der Waals surface area contributed by atoms with Crippen LogP contribution in [0.3, 0.4) is 0 Å². The molecule has 0 spiro atoms. The van der Waals surface area contributed by atoms with Gasteiger partial charge in [0.1, 0.15) is 11.6 Å². The maximum Gasteiger partial charge on any atom is 0.258 e. The van der Waals surface area contributed by atoms with E-state index in [1.165, 1.54) is 6.07 Å². The second kappa shape index (κ2) is 12.5. The molecule has 3 rings (SSSR count). The maximum absolute atomic E-state index is 13.7. The number of nitrogens with one attached hydrogen (secondary N) is 3. The van der Waals surface area contributed by atoms with Gasteiger partial charge in [-0.25, -0.2) is 9.38 Å². The van der Waals surface area contributed by atoms with Crippen molar-refractivity contribution in [3.63, 3.8) is 0 Å². The van der Waals surface area contributed by atoms with Gasteiger partial charge < -0.3 is 20.7 Å². The number of halogens is 2. The van der Waals surface area contributed by atoms with Crippen molar-refractivity contribution in [1.29, 1.82) is 0 Å². The number of carbonyl (C=O) groups excluding carboxylic acids is 1. The van der Waals surface area contributed by atoms with E-state index in [-0.39, 0.29) is 42.3 Å². The smallest absolute Gasteiger partial charge is 0.258 e. The highest BCUT2D eigenvalue weighted by molar-refractivity contribution is 14.0. The van der Waals surface area contributed by atoms with Crippen LogP contribution in [0.5, 0.6) is 5.75 Å². The van der Waals surface area contributed by atoms with Crippen LogP contribution >= 0.6 is 24.0 Å². The summed E-state index contributed by atoms with van der Waals surface area (Å²) in [6, 6.07) is 13.1. The van der Waals surface area contributed by atoms with Crippen molar-refractivity contribution in [3.05, 3.63) is 65.0 Å². The second-order valence-corrected chi connectivity index (χ2v) is 7.41. The van der Waals surface area contributed by atoms with E-state index in [1.54, 1.807) is 13.0 Å². The van der Waals surface area contributed by atoms with E-state index in [9.17, 15) is 9.18 Å². The van der Waals surface area contributed by atoms with Gasteiger partial charge in [0, 0.05) is 19.1 Å². The van der Waals surface area contributed by atoms with Gasteiger partial charge in [-0.1, -0.05) is 24.3 Å². The van der Waals surface area contributed by atoms with Crippen LogP contribution in [0.2, 0.25) is 0 Å². The molecule has 0 heterocycles. The molecule has 0 radical (unpaired) electrons. The van der Waals surface area contributed by atoms with Crippen LogP contribution in [0.4, 0.5) is 4.39 Å². The zero-order chi connectivity index (χ0) is 21.3. The summed E-state index contributed by atoms with van der Waals surface area (Å²) in [6.07, 6.45) is 2.11. The lowest BCUT2D eigenvalue weighted by Gasteiger charge is -2.12. The molecule has 3 N–H and O–H groups in total. The molecule has 2 aromatic carbocycles. The fourth-order valence-electron chi connectivity index (χ4n) is 2.82. The lowest BCUT2D eigenvalue weighted by atomic mass is 10.1. The number of hydrogen-bond acceptors (Lipinski definition) is 3. The number of guanidine groups is 1. The molecule has 1 amide bonds. The van der Waals surface area contributed by atoms with E-state index in [4.69, 9.17) is 4.74 Å². The van der Waals surface area contributed by atoms with Crippen molar-refractivity contribution in [2.24, 2.45) is 4.99 Å². The van der Waals surface area contributed by atoms with E-state index in [0.717, 1.165) is 24.0 Å². The van der Waals surface area contributed by atoms with Crippen molar-refractivity contribution in [2.75, 3.05) is 13.2 Å². The van der Waals surface area contributed by atoms with Crippen LogP contribution in [-0.4, -0.2) is 31.1 Å². The number of aryl methyl sites for hydroxylation is 1. The molecule has 1 aliphatic rings. The Morgan fingerprint density at radius 3 is 2.68 bits per heavy atom. The molecule has 0 aliphatic heterocycles. The third-order valence-electron chi connectivity index (χ3n) is 4.67. The summed E-state index contributed by atoms with van der Waals surface area (Å²) in [4.78, 5) is 16.4. The van der Waals surface area contributed by atoms with Crippen molar-refractivity contribution in [1.82, 2.24) is 16.0 Å². The summed E-state index contributed by atoms with van der Waals surface area (Å²) >= 11 is 0. The molecule has 1 aliphatic carbocycles. The van der Waals surface area contributed by atoms with Gasteiger partial charge in [0.05, 0.1) is 6.54 Å². The van der Waals surface area contributed by atoms with Crippen molar-refractivity contribution < 1.29 is 13.9 Å². The molecule has 168 valence electrons. The first-order chi connectivity index (χ1) is 14.5. The standard InChI is InChI=1S/C23H29FN4O2.HI/c1-3-25-23(27-14-18-8-7-16(2)21(24)12-18)26-13-17-5-4-6-20(11-17)30-15-22(29)28-19-9-10-19;/h4-8,11-12,19H,3,9-10,13-15H2,1-2H3,(H,28,29)(H2,25,26,27);1H. The SMILES string of the molecule is CCNC(=NCc1cccc(OCC(=O)NC2CC2)c1)NCc1ccc(C)c(F)c1.I. The first-order valence-electron chi connectivity index (χ1n) is 10.3. The van der Waals surface area contributed by atoms with Crippen LogP contribution < -0.4 is 20.7 Å². The van der Waals surface area contributed by atoms with E-state index in [2.05, 4.69) is 20.9 Å². The van der Waals surface area contributed by atoms with Crippen LogP contribution in [0.1, 0.15) is 36.5 Å². The number of ether oxygens (including phenoxy) is 1. The van der Waals surface area contributed by atoms with Crippen LogP contribution in [0.15, 0.2) is 47.5 Å². The van der Waals surface area contributed by atoms with Gasteiger partial charge in [-0.2, -0.15) is 0 Å². The quantitative estimate of drug-likeness (QED) is 0.258. The largest absolute Gasteiger partial charge is 0.484 e. The molecule has 0 unspecified atom stereocenters. The Kier molecular flexibility index (Phi) is 10.0. The Hall–Kier alpha value is -2.36. The molecule has 1 fully saturated rings. The van der Waals surface area contributed by atoms with Crippen LogP contribution in [0, 0.1) is 12.7 Å². The Balaban J connectivity index is 0.00000341. The number of aliphatic imine (C=N–C) groups is 1. The average molecular weight is 540 g/mol. The zero-order valence-corrected chi connectivity index (χ0v) is 20.2. The summed E-state index contributed by atoms with van der Waals surface area (Å²) in [6.45, 7) is 5.39. The van der Waals surface area contributed by atoms with E-state index >= 15 is 0 Å². The Morgan fingerprint density at radius 1 is 1.16 bits per heavy atom. The number of amides is 1. The Morgan fingerprint density at radius 2 is 1.97 bits per heavy atom. The van der Waals surface area contributed by atoms with Gasteiger partial charge in [0.25, 0.3) is 5.91 Å². The monoisotopic (exact) mass is 540 g/mol. The van der Waals surface area contributed by atoms with Crippen LogP contribution in [0.25, 0.3) is 0 Å². The lowest BCUT2D eigenvalue weighted by molar-refractivity contribution is -0.123. The first kappa shape index (κ1) is 24.9. The number of rotatable bonds is 9. The van der Waals surface area contributed by atoms with Gasteiger partial charge >= 0.3 is 0 Å². The van der Waals surface area contributed by atoms with Crippen molar-refractivity contribution in [3.8, 4) is 5.75 Å². The fraction of sp³-hybridized carbons (Fsp3) is 0.391. The Bertz CT molecular complexity index is 903. The number of benzene rings is 2. The highest BCUT2D eigenvalue weighted by atomic mass is 127. The molecule has 6 nitrogen and oxygen atoms in total. The number of hydrogen-bond donors (Lipinski definition) is 3. The van der Waals surface area contributed by atoms with E-state index < -0.39 is 0 Å². The van der Waals surface area contributed by atoms with E-state index in [0.29, 0.717) is 42.9 Å². The lowest BCUT2D eigenvalue weighted by Crippen LogP contribution is -2.36. The van der Waals surface area contributed by atoms with Gasteiger partial charge in [0.15, 0.2) is 12.6 Å². The van der Waals surface area contributed by atoms with Gasteiger partial charge in [-0.15, -0.1) is 24.0 Å². The predicted molar refractivity (Wildman–Crippen MR) is 131 cm³/mol. The molecule has 0 aromatic heterocycles. The minimum Gasteiger partial charge on any atom is -0.484 e. The van der Waals surface area contributed by atoms with Crippen LogP contribution in [-0.2, 0) is 17.9 Å². The second-order valence-electron chi connectivity index (χ2n) is 7.41. The Labute approximate surface area is 200 Å². The molecule has 2 aromatic rings. The van der Waals surface area contributed by atoms with Crippen molar-refractivity contribution in [2.45, 2.75) is 45.8 Å².